The highest BCUT2D eigenvalue weighted by Crippen LogP contribution is 2.46. The van der Waals surface area contributed by atoms with Crippen LogP contribution in [0.4, 0.5) is 28.4 Å². The molecule has 2 N–H and O–H groups in total. The number of hydrogen-bond donors (Lipinski definition) is 2. The predicted octanol–water partition coefficient (Wildman–Crippen LogP) is 8.88. The number of nitrogens with zero attached hydrogens (tertiary/aromatic N) is 5. The molecule has 3 amide bonds. The summed E-state index contributed by atoms with van der Waals surface area (Å²) in [6.07, 6.45) is 5.43. The van der Waals surface area contributed by atoms with Gasteiger partial charge < -0.3 is 53.4 Å². The van der Waals surface area contributed by atoms with Gasteiger partial charge in [0, 0.05) is 110 Å². The number of amides is 3. The molecule has 11 rings (SSSR count). The fourth-order valence-electron chi connectivity index (χ4n) is 12.1. The molecule has 5 aromatic carbocycles. The smallest absolute Gasteiger partial charge is 0.261 e. The molecule has 5 aliphatic heterocycles. The monoisotopic (exact) mass is 1150 g/mol. The highest BCUT2D eigenvalue weighted by molar-refractivity contribution is 8.02. The van der Waals surface area contributed by atoms with Crippen LogP contribution in [0.3, 0.4) is 0 Å². The van der Waals surface area contributed by atoms with Gasteiger partial charge in [0.25, 0.3) is 5.91 Å². The van der Waals surface area contributed by atoms with Crippen molar-refractivity contribution in [2.24, 2.45) is 10.9 Å². The molecule has 0 aromatic heterocycles. The number of nitrogens with one attached hydrogen (secondary N) is 1. The van der Waals surface area contributed by atoms with Crippen LogP contribution in [0, 0.1) is 5.92 Å². The number of ketones is 1. The molecular weight excluding hydrogens is 1080 g/mol. The van der Waals surface area contributed by atoms with Crippen LogP contribution in [0.25, 0.3) is 0 Å². The lowest BCUT2D eigenvalue weighted by molar-refractivity contribution is -0.138. The Morgan fingerprint density at radius 3 is 2.17 bits per heavy atom. The van der Waals surface area contributed by atoms with Crippen LogP contribution in [0.15, 0.2) is 96.0 Å². The van der Waals surface area contributed by atoms with Gasteiger partial charge in [-0.15, -0.1) is 11.8 Å². The molecule has 1 saturated carbocycles. The number of fused-ring (bicyclic) bond motifs is 8. The Morgan fingerprint density at radius 1 is 0.783 bits per heavy atom. The van der Waals surface area contributed by atoms with Crippen LogP contribution in [0.2, 0.25) is 0 Å². The van der Waals surface area contributed by atoms with E-state index in [1.165, 1.54) is 22.2 Å². The first-order valence-electron chi connectivity index (χ1n) is 28.8. The number of aliphatic hydroxyl groups excluding tert-OH is 1. The number of aliphatic imine (C=N–C) groups is 1. The van der Waals surface area contributed by atoms with Crippen LogP contribution in [-0.4, -0.2) is 142 Å². The highest BCUT2D eigenvalue weighted by atomic mass is 32.2. The molecule has 438 valence electrons. The molecule has 0 bridgehead atoms. The molecule has 6 aliphatic rings. The molecule has 2 fully saturated rings. The lowest BCUT2D eigenvalue weighted by Gasteiger charge is -2.35. The number of benzene rings is 5. The number of carbonyl (C=O) groups is 4. The van der Waals surface area contributed by atoms with Gasteiger partial charge in [0.15, 0.2) is 29.2 Å². The second-order valence-corrected chi connectivity index (χ2v) is 24.5. The molecule has 2 unspecified atom stereocenters. The van der Waals surface area contributed by atoms with Crippen LogP contribution < -0.4 is 39.0 Å². The van der Waals surface area contributed by atoms with Crippen molar-refractivity contribution in [1.82, 2.24) is 4.90 Å². The molecule has 1 aliphatic carbocycles. The van der Waals surface area contributed by atoms with Crippen LogP contribution in [-0.2, 0) is 54.6 Å². The van der Waals surface area contributed by atoms with Crippen LogP contribution >= 0.6 is 11.8 Å². The van der Waals surface area contributed by atoms with Gasteiger partial charge in [-0.1, -0.05) is 42.8 Å². The van der Waals surface area contributed by atoms with Gasteiger partial charge in [-0.2, -0.15) is 0 Å². The maximum atomic E-state index is 14.3. The number of ether oxygens (including phenoxy) is 7. The lowest BCUT2D eigenvalue weighted by Crippen LogP contribution is -2.41. The minimum atomic E-state index is -0.921. The van der Waals surface area contributed by atoms with Gasteiger partial charge in [0.2, 0.25) is 11.8 Å². The number of imide groups is 1. The minimum absolute atomic E-state index is 0.0410. The summed E-state index contributed by atoms with van der Waals surface area (Å²) in [5.41, 5.74) is 8.91. The number of rotatable bonds is 26. The summed E-state index contributed by atoms with van der Waals surface area (Å²) in [5, 5.41) is 15.0. The fraction of sp³-hybridized carbons (Fsp3) is 0.453. The van der Waals surface area contributed by atoms with E-state index in [1.807, 2.05) is 60.8 Å². The normalized spacial score (nSPS) is 19.6. The van der Waals surface area contributed by atoms with Crippen molar-refractivity contribution in [3.63, 3.8) is 0 Å². The average molecular weight is 1150 g/mol. The summed E-state index contributed by atoms with van der Waals surface area (Å²) in [6, 6.07) is 29.3. The number of likely N-dealkylation sites (tertiary alicyclic amines) is 1. The zero-order chi connectivity index (χ0) is 57.8. The SMILES string of the molecule is COCCOCCOCCN(CC(C)(C)SC1CC(=O)N(CCC(=O)C2CCC2)C1=O)c1cc(COc2cc3c(cc2OC)C(=O)N2c4ccccc4C[C@H]2C=N3)cc(COc2cc3c(cc2OC)C(O)N2c4ccccc4C[C@H]2CN3)c1. The summed E-state index contributed by atoms with van der Waals surface area (Å²) in [4.78, 5) is 66.7. The number of para-hydroxylation sites is 2. The van der Waals surface area contributed by atoms with Crippen molar-refractivity contribution in [2.45, 2.75) is 100 Å². The average Bonchev–Trinajstić information content (AvgIpc) is 3.98. The van der Waals surface area contributed by atoms with Gasteiger partial charge in [0.05, 0.1) is 75.8 Å². The number of thioether (sulfide) groups is 1. The van der Waals surface area contributed by atoms with E-state index in [0.29, 0.717) is 98.9 Å². The highest BCUT2D eigenvalue weighted by Gasteiger charge is 2.43. The summed E-state index contributed by atoms with van der Waals surface area (Å²) in [5.74, 6) is 1.22. The van der Waals surface area contributed by atoms with E-state index in [4.69, 9.17) is 38.2 Å². The second kappa shape index (κ2) is 25.4. The van der Waals surface area contributed by atoms with E-state index in [9.17, 15) is 24.3 Å². The Bertz CT molecular complexity index is 3260. The van der Waals surface area contributed by atoms with E-state index in [1.54, 1.807) is 38.4 Å². The van der Waals surface area contributed by atoms with E-state index in [2.05, 4.69) is 53.2 Å². The first-order chi connectivity index (χ1) is 40.3. The zero-order valence-corrected chi connectivity index (χ0v) is 48.8. The van der Waals surface area contributed by atoms with E-state index in [0.717, 1.165) is 65.1 Å². The summed E-state index contributed by atoms with van der Waals surface area (Å²) < 4.78 is 41.7. The maximum Gasteiger partial charge on any atom is 0.261 e. The van der Waals surface area contributed by atoms with Gasteiger partial charge in [-0.05, 0) is 97.8 Å². The second-order valence-electron chi connectivity index (χ2n) is 22.6. The van der Waals surface area contributed by atoms with Crippen LogP contribution in [0.1, 0.15) is 90.4 Å². The van der Waals surface area contributed by atoms with Crippen molar-refractivity contribution in [3.05, 3.63) is 124 Å². The fourth-order valence-corrected chi connectivity index (χ4v) is 13.6. The molecule has 4 atom stereocenters. The molecular formula is C64H74N6O12S. The third kappa shape index (κ3) is 12.6. The Labute approximate surface area is 489 Å². The van der Waals surface area contributed by atoms with Gasteiger partial charge in [-0.25, -0.2) is 0 Å². The number of hydrogen-bond acceptors (Lipinski definition) is 17. The number of Topliss-reactive ketones (excluding diaryl/α,β-unsaturated/α-hetero) is 1. The quantitative estimate of drug-likeness (QED) is 0.0394. The lowest BCUT2D eigenvalue weighted by atomic mass is 9.81. The molecule has 83 heavy (non-hydrogen) atoms. The summed E-state index contributed by atoms with van der Waals surface area (Å²) >= 11 is 1.47. The third-order valence-electron chi connectivity index (χ3n) is 16.5. The topological polar surface area (TPSA) is 190 Å². The van der Waals surface area contributed by atoms with Gasteiger partial charge in [-0.3, -0.25) is 34.0 Å². The Hall–Kier alpha value is -7.16. The predicted molar refractivity (Wildman–Crippen MR) is 319 cm³/mol. The Kier molecular flexibility index (Phi) is 17.6. The molecule has 5 heterocycles. The molecule has 0 spiro atoms. The summed E-state index contributed by atoms with van der Waals surface area (Å²) in [6.45, 7) is 7.99. The summed E-state index contributed by atoms with van der Waals surface area (Å²) in [7, 11) is 4.77. The third-order valence-corrected chi connectivity index (χ3v) is 18.0. The van der Waals surface area contributed by atoms with Crippen molar-refractivity contribution in [3.8, 4) is 23.0 Å². The van der Waals surface area contributed by atoms with Gasteiger partial charge in [0.1, 0.15) is 19.0 Å². The number of anilines is 4. The molecule has 1 saturated heterocycles. The van der Waals surface area contributed by atoms with E-state index < -0.39 is 16.2 Å². The number of aliphatic hydroxyl groups is 1. The first kappa shape index (κ1) is 57.6. The first-order valence-corrected chi connectivity index (χ1v) is 29.7. The molecule has 18 nitrogen and oxygen atoms in total. The maximum absolute atomic E-state index is 14.3. The van der Waals surface area contributed by atoms with Crippen LogP contribution in [0.5, 0.6) is 23.0 Å². The molecule has 19 heteroatoms. The Balaban J connectivity index is 0.882. The number of methoxy groups -OCH3 is 3. The van der Waals surface area contributed by atoms with Crippen molar-refractivity contribution in [2.75, 3.05) is 101 Å². The van der Waals surface area contributed by atoms with Crippen molar-refractivity contribution >= 4 is 69.9 Å². The molecule has 5 aromatic rings. The van der Waals surface area contributed by atoms with Crippen molar-refractivity contribution in [1.29, 1.82) is 0 Å². The van der Waals surface area contributed by atoms with E-state index in [-0.39, 0.29) is 74.1 Å². The van der Waals surface area contributed by atoms with Crippen molar-refractivity contribution < 1.29 is 57.4 Å². The van der Waals surface area contributed by atoms with E-state index >= 15 is 0 Å². The Morgan fingerprint density at radius 2 is 1.46 bits per heavy atom. The standard InChI is InChI=1S/C64H74N6O12S/c1-64(2,83-59-34-60(72)68(63(59)75)18-17-54(71)42-13-10-14-42)39-67(19-20-79-23-24-80-22-21-76-3)45-26-40(37-81-57-32-50-48(30-55(57)77-4)61(73)69-46(35-65-50)28-43-11-6-8-15-52(43)69)25-41(27-45)38-82-58-33-51-49(31-56(58)78-5)62(74)70-47(36-66-51)29-44-12-7-9-16-53(44)70/h6-9,11-12,15-16,25-27,30-33,35,42,46-47,59,62,66,74H,10,13-14,17-24,28-29,34,36-39H2,1-5H3/t46-,47-,59?,62?/m0/s1. The van der Waals surface area contributed by atoms with Gasteiger partial charge >= 0.3 is 0 Å². The largest absolute Gasteiger partial charge is 0.493 e. The molecule has 0 radical (unpaired) electrons. The minimum Gasteiger partial charge on any atom is -0.493 e. The zero-order valence-electron chi connectivity index (χ0n) is 47.9. The number of carbonyl (C=O) groups excluding carboxylic acids is 4.